The SMILES string of the molecule is CC(C)(C)CC(C)(C)c1cc(-c2cccc(F)c2)c(O)c(-n2c3ccc(C(C)(C)C)cc3c3cc(C(C)(C)C)ccc32)c1OC1CCC(Oc2c(C(C)(C)CC(C)(C)C)cc(-c3cccc(F)c3)c(O)c2-n2c3ccc(C(C)(C)C)cc3c3cc(C(C)(C)C)ccc32)C1. The quantitative estimate of drug-likeness (QED) is 0.128. The van der Waals surface area contributed by atoms with Crippen molar-refractivity contribution in [3.05, 3.63) is 178 Å². The Morgan fingerprint density at radius 3 is 0.935 bits per heavy atom. The first-order valence-corrected chi connectivity index (χ1v) is 33.8. The molecule has 0 aliphatic heterocycles. The predicted molar refractivity (Wildman–Crippen MR) is 387 cm³/mol. The molecule has 1 fully saturated rings. The highest BCUT2D eigenvalue weighted by Crippen LogP contribution is 2.56. The summed E-state index contributed by atoms with van der Waals surface area (Å²) in [6.07, 6.45) is 2.44. The molecular formula is C85H102F2N2O4. The molecule has 1 aliphatic carbocycles. The Balaban J connectivity index is 1.16. The monoisotopic (exact) mass is 1250 g/mol. The molecule has 2 atom stereocenters. The molecule has 0 amide bonds. The molecule has 490 valence electrons. The average Bonchev–Trinajstić information content (AvgIpc) is 1.63. The summed E-state index contributed by atoms with van der Waals surface area (Å²) in [5, 5.41) is 31.3. The molecule has 0 bridgehead atoms. The largest absolute Gasteiger partial charge is 0.505 e. The molecule has 0 saturated heterocycles. The van der Waals surface area contributed by atoms with Gasteiger partial charge in [0.2, 0.25) is 0 Å². The molecule has 8 aromatic carbocycles. The lowest BCUT2D eigenvalue weighted by Crippen LogP contribution is -2.28. The molecule has 11 rings (SSSR count). The number of rotatable bonds is 12. The van der Waals surface area contributed by atoms with Crippen LogP contribution in [-0.2, 0) is 32.5 Å². The van der Waals surface area contributed by atoms with E-state index in [2.05, 4.69) is 246 Å². The smallest absolute Gasteiger partial charge is 0.151 e. The fraction of sp³-hybridized carbons (Fsp3) is 0.435. The van der Waals surface area contributed by atoms with Crippen LogP contribution in [0.25, 0.3) is 77.2 Å². The average molecular weight is 1250 g/mol. The van der Waals surface area contributed by atoms with Crippen molar-refractivity contribution in [3.63, 3.8) is 0 Å². The second kappa shape index (κ2) is 23.1. The summed E-state index contributed by atoms with van der Waals surface area (Å²) in [6, 6.07) is 44.1. The lowest BCUT2D eigenvalue weighted by Gasteiger charge is -2.36. The van der Waals surface area contributed by atoms with Crippen molar-refractivity contribution >= 4 is 43.6 Å². The Kier molecular flexibility index (Phi) is 16.6. The highest BCUT2D eigenvalue weighted by molar-refractivity contribution is 6.12. The number of benzene rings is 8. The molecule has 1 saturated carbocycles. The number of halogens is 2. The van der Waals surface area contributed by atoms with Gasteiger partial charge in [-0.3, -0.25) is 0 Å². The van der Waals surface area contributed by atoms with Gasteiger partial charge in [-0.25, -0.2) is 8.78 Å². The van der Waals surface area contributed by atoms with E-state index in [1.807, 2.05) is 12.1 Å². The first kappa shape index (κ1) is 66.9. The first-order chi connectivity index (χ1) is 43.0. The van der Waals surface area contributed by atoms with Gasteiger partial charge >= 0.3 is 0 Å². The normalized spacial score (nSPS) is 15.8. The van der Waals surface area contributed by atoms with Crippen molar-refractivity contribution in [1.29, 1.82) is 0 Å². The summed E-state index contributed by atoms with van der Waals surface area (Å²) in [7, 11) is 0. The zero-order chi connectivity index (χ0) is 67.8. The zero-order valence-electron chi connectivity index (χ0n) is 59.8. The van der Waals surface area contributed by atoms with E-state index in [1.54, 1.807) is 12.1 Å². The second-order valence-corrected chi connectivity index (χ2v) is 35.2. The fourth-order valence-corrected chi connectivity index (χ4v) is 15.4. The summed E-state index contributed by atoms with van der Waals surface area (Å²) in [5.41, 5.74) is 11.5. The van der Waals surface area contributed by atoms with Crippen molar-refractivity contribution in [1.82, 2.24) is 9.13 Å². The minimum Gasteiger partial charge on any atom is -0.505 e. The van der Waals surface area contributed by atoms with E-state index in [9.17, 15) is 10.2 Å². The van der Waals surface area contributed by atoms with Gasteiger partial charge in [0, 0.05) is 50.2 Å². The molecule has 10 aromatic rings. The fourth-order valence-electron chi connectivity index (χ4n) is 15.4. The van der Waals surface area contributed by atoms with Crippen LogP contribution in [0.1, 0.15) is 218 Å². The van der Waals surface area contributed by atoms with Crippen molar-refractivity contribution in [2.24, 2.45) is 10.8 Å². The topological polar surface area (TPSA) is 68.8 Å². The number of phenolic OH excluding ortho intramolecular Hbond substituents is 2. The Morgan fingerprint density at radius 1 is 0.387 bits per heavy atom. The van der Waals surface area contributed by atoms with E-state index in [-0.39, 0.29) is 44.0 Å². The van der Waals surface area contributed by atoms with Crippen LogP contribution < -0.4 is 9.47 Å². The third kappa shape index (κ3) is 13.1. The molecular weight excluding hydrogens is 1150 g/mol. The predicted octanol–water partition coefficient (Wildman–Crippen LogP) is 23.9. The van der Waals surface area contributed by atoms with Gasteiger partial charge in [0.15, 0.2) is 23.0 Å². The van der Waals surface area contributed by atoms with Crippen LogP contribution in [-0.4, -0.2) is 31.6 Å². The Labute approximate surface area is 553 Å². The van der Waals surface area contributed by atoms with Crippen molar-refractivity contribution < 1.29 is 28.5 Å². The van der Waals surface area contributed by atoms with Crippen molar-refractivity contribution in [3.8, 4) is 56.6 Å². The van der Waals surface area contributed by atoms with Gasteiger partial charge in [-0.2, -0.15) is 0 Å². The lowest BCUT2D eigenvalue weighted by molar-refractivity contribution is 0.159. The van der Waals surface area contributed by atoms with Gasteiger partial charge < -0.3 is 28.8 Å². The lowest BCUT2D eigenvalue weighted by atomic mass is 9.71. The Bertz CT molecular complexity index is 4110. The third-order valence-electron chi connectivity index (χ3n) is 19.5. The van der Waals surface area contributed by atoms with Gasteiger partial charge in [-0.05, 0) is 187 Å². The highest BCUT2D eigenvalue weighted by Gasteiger charge is 2.41. The van der Waals surface area contributed by atoms with Crippen molar-refractivity contribution in [2.75, 3.05) is 0 Å². The third-order valence-corrected chi connectivity index (χ3v) is 19.5. The summed E-state index contributed by atoms with van der Waals surface area (Å²) < 4.78 is 51.3. The molecule has 8 heteroatoms. The van der Waals surface area contributed by atoms with Gasteiger partial charge in [0.25, 0.3) is 0 Å². The Hall–Kier alpha value is -7.58. The van der Waals surface area contributed by atoms with Crippen LogP contribution in [0.15, 0.2) is 133 Å². The molecule has 2 heterocycles. The number of aromatic nitrogens is 2. The molecule has 93 heavy (non-hydrogen) atoms. The number of ether oxygens (including phenoxy) is 2. The maximum Gasteiger partial charge on any atom is 0.151 e. The van der Waals surface area contributed by atoms with Crippen LogP contribution in [0.4, 0.5) is 8.78 Å². The molecule has 0 spiro atoms. The summed E-state index contributed by atoms with van der Waals surface area (Å²) in [6.45, 7) is 49.5. The molecule has 0 radical (unpaired) electrons. The second-order valence-electron chi connectivity index (χ2n) is 35.2. The number of aromatic hydroxyl groups is 2. The van der Waals surface area contributed by atoms with E-state index in [0.717, 1.165) is 67.6 Å². The van der Waals surface area contributed by atoms with E-state index >= 15 is 8.78 Å². The van der Waals surface area contributed by atoms with E-state index in [1.165, 1.54) is 46.5 Å². The number of fused-ring (bicyclic) bond motifs is 6. The molecule has 6 nitrogen and oxygen atoms in total. The number of hydrogen-bond donors (Lipinski definition) is 2. The van der Waals surface area contributed by atoms with Crippen LogP contribution in [0, 0.1) is 22.5 Å². The number of hydrogen-bond acceptors (Lipinski definition) is 4. The summed E-state index contributed by atoms with van der Waals surface area (Å²) in [5.74, 6) is 0.353. The van der Waals surface area contributed by atoms with E-state index in [0.29, 0.717) is 64.4 Å². The zero-order valence-corrected chi connectivity index (χ0v) is 59.8. The van der Waals surface area contributed by atoms with Gasteiger partial charge in [0.05, 0.1) is 22.1 Å². The molecule has 1 aliphatic rings. The molecule has 2 aromatic heterocycles. The maximum absolute atomic E-state index is 15.6. The number of phenols is 2. The van der Waals surface area contributed by atoms with Gasteiger partial charge in [0.1, 0.15) is 35.2 Å². The number of nitrogens with zero attached hydrogens (tertiary/aromatic N) is 2. The van der Waals surface area contributed by atoms with Crippen LogP contribution in [0.2, 0.25) is 0 Å². The summed E-state index contributed by atoms with van der Waals surface area (Å²) >= 11 is 0. The van der Waals surface area contributed by atoms with Crippen LogP contribution in [0.3, 0.4) is 0 Å². The van der Waals surface area contributed by atoms with Crippen LogP contribution in [0.5, 0.6) is 23.0 Å². The standard InChI is InChI=1S/C85H102F2N2O4/c1-78(2,3)48-84(19,20)66-46-60(50-25-23-27-56(86)39-50)74(90)72(88-68-35-29-52(80(7,8)9)41-62(68)63-42-53(81(10,11)12)30-36-69(63)88)76(66)92-58-33-34-59(45-58)93-77-67(85(21,22)49-79(4,5)6)47-61(51-26-24-28-57(87)40-51)75(91)73(77)89-70-37-31-54(82(13,14)15)43-64(70)65-44-55(83(16,17)18)32-38-71(65)89/h23-32,35-44,46-47,58-59,90-91H,33-34,45,48-49H2,1-22H3. The highest BCUT2D eigenvalue weighted by atomic mass is 19.1. The van der Waals surface area contributed by atoms with E-state index in [4.69, 9.17) is 9.47 Å². The first-order valence-electron chi connectivity index (χ1n) is 33.8. The van der Waals surface area contributed by atoms with Crippen molar-refractivity contribution in [2.45, 2.75) is 229 Å². The van der Waals surface area contributed by atoms with Gasteiger partial charge in [-0.1, -0.05) is 201 Å². The minimum atomic E-state index is -0.544. The Morgan fingerprint density at radius 2 is 0.677 bits per heavy atom. The maximum atomic E-state index is 15.6. The van der Waals surface area contributed by atoms with Gasteiger partial charge in [-0.15, -0.1) is 0 Å². The van der Waals surface area contributed by atoms with Crippen LogP contribution >= 0.6 is 0 Å². The van der Waals surface area contributed by atoms with E-state index < -0.39 is 34.7 Å². The minimum absolute atomic E-state index is 0.00468. The molecule has 2 N–H and O–H groups in total. The molecule has 2 unspecified atom stereocenters. The summed E-state index contributed by atoms with van der Waals surface area (Å²) in [4.78, 5) is 0.